The van der Waals surface area contributed by atoms with Crippen LogP contribution in [0.4, 0.5) is 0 Å². The van der Waals surface area contributed by atoms with E-state index in [1.165, 1.54) is 18.2 Å². The quantitative estimate of drug-likeness (QED) is 0.280. The van der Waals surface area contributed by atoms with Crippen LogP contribution in [0.2, 0.25) is 0 Å². The minimum Gasteiger partial charge on any atom is -0.872 e. The van der Waals surface area contributed by atoms with Crippen LogP contribution < -0.4 is 9.84 Å². The molecule has 1 aliphatic rings. The van der Waals surface area contributed by atoms with Gasteiger partial charge in [0.25, 0.3) is 5.95 Å². The monoisotopic (exact) mass is 439 g/mol. The molecule has 0 saturated carbocycles. The Hall–Kier alpha value is -3.60. The van der Waals surface area contributed by atoms with Crippen LogP contribution >= 0.6 is 0 Å². The number of benzene rings is 2. The summed E-state index contributed by atoms with van der Waals surface area (Å²) >= 11 is 0. The summed E-state index contributed by atoms with van der Waals surface area (Å²) in [5.41, 5.74) is 2.34. The number of aliphatic hydroxyl groups excluding tert-OH is 1. The molecule has 1 aromatic heterocycles. The van der Waals surface area contributed by atoms with Gasteiger partial charge in [-0.2, -0.15) is 18.2 Å². The molecule has 0 saturated heterocycles. The van der Waals surface area contributed by atoms with E-state index in [9.17, 15) is 10.2 Å². The number of fused-ring (bicyclic) bond motifs is 1. The fourth-order valence-corrected chi connectivity index (χ4v) is 2.76. The normalized spacial score (nSPS) is 13.8. The standard InChI is InChI=1S/C19H13NO4.C5H5.Fe/c21-13-10-9-12(11-13)19(22)24-16-7-3-1-5-14(16)18-20-15-6-2-4-8-17(15)23-18;1-2-4-5-3-1;/h1-11,21-22H;1-5H;/q;-1;+2/p-1. The Morgan fingerprint density at radius 1 is 0.967 bits per heavy atom. The van der Waals surface area contributed by atoms with Gasteiger partial charge in [0.15, 0.2) is 5.58 Å². The van der Waals surface area contributed by atoms with Crippen molar-refractivity contribution in [3.63, 3.8) is 0 Å². The van der Waals surface area contributed by atoms with Crippen LogP contribution in [-0.4, -0.2) is 10.1 Å². The first-order valence-corrected chi connectivity index (χ1v) is 9.00. The first kappa shape index (κ1) is 21.1. The van der Waals surface area contributed by atoms with Gasteiger partial charge in [0.05, 0.1) is 11.1 Å². The second-order valence-corrected chi connectivity index (χ2v) is 6.19. The molecule has 0 amide bonds. The van der Waals surface area contributed by atoms with Crippen LogP contribution in [0.3, 0.4) is 0 Å². The Kier molecular flexibility index (Phi) is 6.86. The first-order chi connectivity index (χ1) is 14.2. The fraction of sp³-hybridized carbons (Fsp3) is 0. The van der Waals surface area contributed by atoms with E-state index in [1.807, 2.05) is 60.7 Å². The molecular formula is C24H17FeNO4. The smallest absolute Gasteiger partial charge is 0.872 e. The van der Waals surface area contributed by atoms with Crippen molar-refractivity contribution in [3.05, 3.63) is 114 Å². The Balaban J connectivity index is 0.000000376. The van der Waals surface area contributed by atoms with Crippen molar-refractivity contribution in [1.29, 1.82) is 0 Å². The van der Waals surface area contributed by atoms with Gasteiger partial charge in [0.2, 0.25) is 5.89 Å². The third-order valence-electron chi connectivity index (χ3n) is 4.15. The van der Waals surface area contributed by atoms with Crippen molar-refractivity contribution in [2.24, 2.45) is 0 Å². The number of hydrogen-bond acceptors (Lipinski definition) is 5. The molecular weight excluding hydrogens is 422 g/mol. The van der Waals surface area contributed by atoms with Crippen LogP contribution in [0.1, 0.15) is 0 Å². The molecule has 1 heterocycles. The van der Waals surface area contributed by atoms with Gasteiger partial charge < -0.3 is 19.4 Å². The molecule has 0 aliphatic heterocycles. The van der Waals surface area contributed by atoms with Crippen molar-refractivity contribution in [2.75, 3.05) is 0 Å². The second-order valence-electron chi connectivity index (χ2n) is 6.19. The molecule has 0 fully saturated rings. The van der Waals surface area contributed by atoms with Crippen LogP contribution in [0.5, 0.6) is 5.75 Å². The van der Waals surface area contributed by atoms with Crippen LogP contribution in [-0.2, 0) is 17.1 Å². The molecule has 1 aliphatic carbocycles. The number of nitrogens with zero attached hydrogens (tertiary/aromatic N) is 1. The summed E-state index contributed by atoms with van der Waals surface area (Å²) in [6.07, 6.45) is 4.17. The number of ether oxygens (including phenoxy) is 1. The zero-order valence-corrected chi connectivity index (χ0v) is 16.8. The molecule has 5 nitrogen and oxygen atoms in total. The van der Waals surface area contributed by atoms with E-state index >= 15 is 0 Å². The van der Waals surface area contributed by atoms with Crippen molar-refractivity contribution >= 4 is 11.1 Å². The summed E-state index contributed by atoms with van der Waals surface area (Å²) in [5, 5.41) is 21.3. The Labute approximate surface area is 184 Å². The molecule has 4 aromatic rings. The number of para-hydroxylation sites is 3. The number of aromatic nitrogens is 1. The number of aliphatic hydroxyl groups is 1. The van der Waals surface area contributed by atoms with Gasteiger partial charge in [0.1, 0.15) is 11.3 Å². The van der Waals surface area contributed by atoms with Gasteiger partial charge in [-0.15, -0.1) is 5.76 Å². The maximum Gasteiger partial charge on any atom is 2.00 e. The van der Waals surface area contributed by atoms with Crippen molar-refractivity contribution in [2.45, 2.75) is 0 Å². The topological polar surface area (TPSA) is 78.5 Å². The van der Waals surface area contributed by atoms with Gasteiger partial charge >= 0.3 is 17.1 Å². The van der Waals surface area contributed by atoms with Crippen LogP contribution in [0.25, 0.3) is 22.6 Å². The Bertz CT molecular complexity index is 1150. The van der Waals surface area contributed by atoms with E-state index in [2.05, 4.69) is 4.98 Å². The third kappa shape index (κ3) is 4.87. The van der Waals surface area contributed by atoms with Gasteiger partial charge in [-0.1, -0.05) is 36.4 Å². The van der Waals surface area contributed by atoms with Crippen molar-refractivity contribution < 1.29 is 36.4 Å². The molecule has 5 rings (SSSR count). The molecule has 0 bridgehead atoms. The summed E-state index contributed by atoms with van der Waals surface area (Å²) in [6.45, 7) is 0. The third-order valence-corrected chi connectivity index (χ3v) is 4.15. The van der Waals surface area contributed by atoms with E-state index in [-0.39, 0.29) is 28.8 Å². The first-order valence-electron chi connectivity index (χ1n) is 9.00. The number of hydrogen-bond donors (Lipinski definition) is 1. The summed E-state index contributed by atoms with van der Waals surface area (Å²) in [6, 6.07) is 24.5. The largest absolute Gasteiger partial charge is 2.00 e. The summed E-state index contributed by atoms with van der Waals surface area (Å²) in [5.74, 6) is 0.245. The van der Waals surface area contributed by atoms with Gasteiger partial charge in [-0.05, 0) is 30.3 Å². The van der Waals surface area contributed by atoms with Crippen LogP contribution in [0, 0.1) is 0 Å². The molecule has 3 aromatic carbocycles. The molecule has 150 valence electrons. The summed E-state index contributed by atoms with van der Waals surface area (Å²) in [4.78, 5) is 4.44. The Morgan fingerprint density at radius 2 is 1.70 bits per heavy atom. The summed E-state index contributed by atoms with van der Waals surface area (Å²) in [7, 11) is 0. The van der Waals surface area contributed by atoms with Crippen molar-refractivity contribution in [1.82, 2.24) is 4.98 Å². The predicted octanol–water partition coefficient (Wildman–Crippen LogP) is 4.86. The molecule has 0 atom stereocenters. The van der Waals surface area contributed by atoms with E-state index < -0.39 is 0 Å². The van der Waals surface area contributed by atoms with Gasteiger partial charge in [-0.25, -0.2) is 17.1 Å². The number of oxazole rings is 1. The molecule has 0 radical (unpaired) electrons. The SMILES string of the molecule is [Fe+2].[O-]C1=CC(=C(O)Oc2ccccc2-c2nc3ccccc3o2)C=C1.c1cc[cH-]c1. The van der Waals surface area contributed by atoms with Gasteiger partial charge in [0, 0.05) is 0 Å². The zero-order valence-electron chi connectivity index (χ0n) is 15.7. The number of rotatable bonds is 3. The second kappa shape index (κ2) is 9.74. The maximum absolute atomic E-state index is 11.2. The average Bonchev–Trinajstić information content (AvgIpc) is 3.50. The molecule has 30 heavy (non-hydrogen) atoms. The van der Waals surface area contributed by atoms with E-state index in [1.54, 1.807) is 18.2 Å². The minimum absolute atomic E-state index is 0. The maximum atomic E-state index is 11.2. The average molecular weight is 439 g/mol. The summed E-state index contributed by atoms with van der Waals surface area (Å²) < 4.78 is 11.3. The zero-order chi connectivity index (χ0) is 20.1. The van der Waals surface area contributed by atoms with Gasteiger partial charge in [-0.3, -0.25) is 0 Å². The van der Waals surface area contributed by atoms with Crippen molar-refractivity contribution in [3.8, 4) is 17.2 Å². The number of allylic oxidation sites excluding steroid dienone is 4. The molecule has 0 unspecified atom stereocenters. The van der Waals surface area contributed by atoms with E-state index in [0.29, 0.717) is 28.4 Å². The fourth-order valence-electron chi connectivity index (χ4n) is 2.76. The molecule has 6 heteroatoms. The molecule has 0 spiro atoms. The predicted molar refractivity (Wildman–Crippen MR) is 109 cm³/mol. The minimum atomic E-state index is -0.347. The van der Waals surface area contributed by atoms with E-state index in [0.717, 1.165) is 5.52 Å². The molecule has 1 N–H and O–H groups in total. The van der Waals surface area contributed by atoms with Crippen LogP contribution in [0.15, 0.2) is 119 Å². The van der Waals surface area contributed by atoms with E-state index in [4.69, 9.17) is 9.15 Å². The Morgan fingerprint density at radius 3 is 2.37 bits per heavy atom.